The van der Waals surface area contributed by atoms with Gasteiger partial charge in [0.2, 0.25) is 0 Å². The number of benzene rings is 2. The summed E-state index contributed by atoms with van der Waals surface area (Å²) in [5.74, 6) is -1.29. The Labute approximate surface area is 113 Å². The fourth-order valence-corrected chi connectivity index (χ4v) is 2.19. The minimum Gasteiger partial charge on any atom is -0.320 e. The van der Waals surface area contributed by atoms with Crippen molar-refractivity contribution >= 4 is 15.9 Å². The Hall–Kier alpha value is -1.26. The molecule has 0 radical (unpaired) electrons. The summed E-state index contributed by atoms with van der Waals surface area (Å²) < 4.78 is 27.9. The monoisotopic (exact) mass is 311 g/mol. The van der Waals surface area contributed by atoms with E-state index in [0.29, 0.717) is 10.0 Å². The molecule has 2 aromatic rings. The van der Waals surface area contributed by atoms with Gasteiger partial charge in [-0.25, -0.2) is 8.78 Å². The molecule has 0 aliphatic heterocycles. The van der Waals surface area contributed by atoms with Crippen molar-refractivity contribution in [1.82, 2.24) is 0 Å². The summed E-state index contributed by atoms with van der Waals surface area (Å²) in [6.45, 7) is 1.94. The lowest BCUT2D eigenvalue weighted by Crippen LogP contribution is -2.15. The summed E-state index contributed by atoms with van der Waals surface area (Å²) >= 11 is 3.04. The molecule has 0 fully saturated rings. The molecule has 4 heteroatoms. The smallest absolute Gasteiger partial charge is 0.132 e. The van der Waals surface area contributed by atoms with Gasteiger partial charge in [-0.15, -0.1) is 0 Å². The lowest BCUT2D eigenvalue weighted by molar-refractivity contribution is 0.542. The van der Waals surface area contributed by atoms with Gasteiger partial charge in [0, 0.05) is 10.0 Å². The Morgan fingerprint density at radius 1 is 1.06 bits per heavy atom. The number of rotatable bonds is 2. The van der Waals surface area contributed by atoms with E-state index >= 15 is 0 Å². The molecule has 1 nitrogen and oxygen atoms in total. The minimum atomic E-state index is -0.807. The molecule has 0 saturated heterocycles. The Morgan fingerprint density at radius 2 is 1.56 bits per heavy atom. The maximum atomic E-state index is 13.8. The molecule has 2 rings (SSSR count). The Bertz CT molecular complexity index is 544. The molecule has 0 heterocycles. The van der Waals surface area contributed by atoms with Crippen LogP contribution in [0.2, 0.25) is 0 Å². The number of aryl methyl sites for hydroxylation is 1. The first-order chi connectivity index (χ1) is 8.49. The third-order valence-electron chi connectivity index (χ3n) is 2.79. The van der Waals surface area contributed by atoms with Gasteiger partial charge in [-0.2, -0.15) is 0 Å². The zero-order valence-electron chi connectivity index (χ0n) is 9.75. The van der Waals surface area contributed by atoms with Crippen molar-refractivity contribution in [3.63, 3.8) is 0 Å². The molecule has 2 N–H and O–H groups in total. The first-order valence-electron chi connectivity index (χ1n) is 5.45. The Kier molecular flexibility index (Phi) is 3.78. The van der Waals surface area contributed by atoms with E-state index in [0.717, 1.165) is 5.56 Å². The molecule has 0 spiro atoms. The highest BCUT2D eigenvalue weighted by atomic mass is 79.9. The first-order valence-corrected chi connectivity index (χ1v) is 6.25. The average molecular weight is 312 g/mol. The molecule has 0 bridgehead atoms. The van der Waals surface area contributed by atoms with Gasteiger partial charge in [0.1, 0.15) is 11.6 Å². The second-order valence-electron chi connectivity index (χ2n) is 4.17. The Balaban J connectivity index is 2.46. The molecule has 0 aromatic heterocycles. The van der Waals surface area contributed by atoms with Crippen LogP contribution in [0.4, 0.5) is 8.78 Å². The summed E-state index contributed by atoms with van der Waals surface area (Å²) in [6.07, 6.45) is 0. The zero-order valence-corrected chi connectivity index (χ0v) is 11.3. The third kappa shape index (κ3) is 2.60. The quantitative estimate of drug-likeness (QED) is 0.888. The second kappa shape index (κ2) is 5.16. The van der Waals surface area contributed by atoms with Crippen molar-refractivity contribution in [2.45, 2.75) is 13.0 Å². The number of halogens is 3. The highest BCUT2D eigenvalue weighted by Crippen LogP contribution is 2.27. The van der Waals surface area contributed by atoms with Crippen molar-refractivity contribution in [2.24, 2.45) is 5.73 Å². The van der Waals surface area contributed by atoms with E-state index in [1.807, 2.05) is 19.1 Å². The summed E-state index contributed by atoms with van der Waals surface area (Å²) in [4.78, 5) is 0. The molecule has 1 unspecified atom stereocenters. The molecule has 0 aliphatic rings. The van der Waals surface area contributed by atoms with Gasteiger partial charge < -0.3 is 5.73 Å². The molecule has 1 atom stereocenters. The maximum Gasteiger partial charge on any atom is 0.132 e. The van der Waals surface area contributed by atoms with Crippen LogP contribution in [0.1, 0.15) is 22.7 Å². The predicted molar refractivity (Wildman–Crippen MR) is 71.3 cm³/mol. The molecule has 94 valence electrons. The van der Waals surface area contributed by atoms with E-state index in [1.54, 1.807) is 12.1 Å². The van der Waals surface area contributed by atoms with E-state index < -0.39 is 17.7 Å². The van der Waals surface area contributed by atoms with E-state index in [1.165, 1.54) is 12.1 Å². The lowest BCUT2D eigenvalue weighted by atomic mass is 9.98. The van der Waals surface area contributed by atoms with Crippen LogP contribution >= 0.6 is 15.9 Å². The number of nitrogens with two attached hydrogens (primary N) is 1. The van der Waals surface area contributed by atoms with Crippen LogP contribution in [0.25, 0.3) is 0 Å². The highest BCUT2D eigenvalue weighted by molar-refractivity contribution is 9.10. The molecule has 18 heavy (non-hydrogen) atoms. The van der Waals surface area contributed by atoms with Crippen molar-refractivity contribution < 1.29 is 8.78 Å². The van der Waals surface area contributed by atoms with Crippen LogP contribution in [0.5, 0.6) is 0 Å². The van der Waals surface area contributed by atoms with Gasteiger partial charge in [0.25, 0.3) is 0 Å². The first kappa shape index (κ1) is 13.2. The standard InChI is InChI=1S/C14H12BrF2N/c1-8-2-4-9(5-3-8)14(18)13-11(16)6-10(15)7-12(13)17/h2-7,14H,18H2,1H3. The molecule has 0 aliphatic carbocycles. The molecule has 0 amide bonds. The average Bonchev–Trinajstić information content (AvgIpc) is 2.28. The maximum absolute atomic E-state index is 13.8. The molecule has 0 saturated carbocycles. The molecule has 2 aromatic carbocycles. The Morgan fingerprint density at radius 3 is 2.06 bits per heavy atom. The van der Waals surface area contributed by atoms with Gasteiger partial charge >= 0.3 is 0 Å². The fraction of sp³-hybridized carbons (Fsp3) is 0.143. The summed E-state index contributed by atoms with van der Waals surface area (Å²) in [5, 5.41) is 0. The van der Waals surface area contributed by atoms with E-state index in [4.69, 9.17) is 5.73 Å². The van der Waals surface area contributed by atoms with E-state index in [-0.39, 0.29) is 5.56 Å². The molecular weight excluding hydrogens is 300 g/mol. The summed E-state index contributed by atoms with van der Waals surface area (Å²) in [6, 6.07) is 8.91. The summed E-state index contributed by atoms with van der Waals surface area (Å²) in [7, 11) is 0. The molecular formula is C14H12BrF2N. The largest absolute Gasteiger partial charge is 0.320 e. The van der Waals surface area contributed by atoms with Crippen LogP contribution in [0, 0.1) is 18.6 Å². The van der Waals surface area contributed by atoms with Crippen LogP contribution in [-0.2, 0) is 0 Å². The van der Waals surface area contributed by atoms with Gasteiger partial charge in [-0.3, -0.25) is 0 Å². The van der Waals surface area contributed by atoms with Crippen LogP contribution in [-0.4, -0.2) is 0 Å². The number of hydrogen-bond donors (Lipinski definition) is 1. The van der Waals surface area contributed by atoms with Gasteiger partial charge in [0.05, 0.1) is 6.04 Å². The zero-order chi connectivity index (χ0) is 13.3. The normalized spacial score (nSPS) is 12.5. The van der Waals surface area contributed by atoms with Crippen molar-refractivity contribution in [3.8, 4) is 0 Å². The SMILES string of the molecule is Cc1ccc(C(N)c2c(F)cc(Br)cc2F)cc1. The van der Waals surface area contributed by atoms with Crippen molar-refractivity contribution in [2.75, 3.05) is 0 Å². The van der Waals surface area contributed by atoms with Gasteiger partial charge in [-0.05, 0) is 24.6 Å². The summed E-state index contributed by atoms with van der Waals surface area (Å²) in [5.41, 5.74) is 7.57. The fourth-order valence-electron chi connectivity index (χ4n) is 1.79. The van der Waals surface area contributed by atoms with Gasteiger partial charge in [0.15, 0.2) is 0 Å². The predicted octanol–water partition coefficient (Wildman–Crippen LogP) is 4.08. The second-order valence-corrected chi connectivity index (χ2v) is 5.09. The van der Waals surface area contributed by atoms with Gasteiger partial charge in [-0.1, -0.05) is 45.8 Å². The van der Waals surface area contributed by atoms with Crippen LogP contribution in [0.15, 0.2) is 40.9 Å². The highest BCUT2D eigenvalue weighted by Gasteiger charge is 2.19. The minimum absolute atomic E-state index is 0.109. The van der Waals surface area contributed by atoms with Crippen LogP contribution in [0.3, 0.4) is 0 Å². The van der Waals surface area contributed by atoms with E-state index in [9.17, 15) is 8.78 Å². The number of hydrogen-bond acceptors (Lipinski definition) is 1. The van der Waals surface area contributed by atoms with Crippen molar-refractivity contribution in [1.29, 1.82) is 0 Å². The lowest BCUT2D eigenvalue weighted by Gasteiger charge is -2.15. The van der Waals surface area contributed by atoms with Crippen LogP contribution < -0.4 is 5.73 Å². The van der Waals surface area contributed by atoms with E-state index in [2.05, 4.69) is 15.9 Å². The topological polar surface area (TPSA) is 26.0 Å². The third-order valence-corrected chi connectivity index (χ3v) is 3.25. The van der Waals surface area contributed by atoms with Crippen molar-refractivity contribution in [3.05, 3.63) is 69.2 Å².